The van der Waals surface area contributed by atoms with Crippen LogP contribution in [0.2, 0.25) is 0 Å². The maximum Gasteiger partial charge on any atom is 0.673 e. The van der Waals surface area contributed by atoms with Gasteiger partial charge < -0.3 is 27.1 Å². The Morgan fingerprint density at radius 1 is 0.923 bits per heavy atom. The summed E-state index contributed by atoms with van der Waals surface area (Å²) >= 11 is 4.95. The average molecular weight is 219 g/mol. The van der Waals surface area contributed by atoms with Crippen LogP contribution in [0.3, 0.4) is 0 Å². The normalized spacial score (nSPS) is 9.85. The lowest BCUT2D eigenvalue weighted by Crippen LogP contribution is -2.32. The van der Waals surface area contributed by atoms with Gasteiger partial charge in [0.2, 0.25) is 0 Å². The van der Waals surface area contributed by atoms with Gasteiger partial charge in [0.15, 0.2) is 5.11 Å². The second kappa shape index (κ2) is 6.01. The molecule has 0 aromatic rings. The molecule has 0 aliphatic heterocycles. The number of hydrogen-bond donors (Lipinski definition) is 0. The molecule has 0 atom stereocenters. The standard InChI is InChI=1S/C5H12N2S.BF4/c1-6(2)5(8)7(3)4;2-1(3,4)5/h1-4H3;/q;-1. The van der Waals surface area contributed by atoms with Gasteiger partial charge in [0, 0.05) is 28.2 Å². The quantitative estimate of drug-likeness (QED) is 0.347. The molecule has 8 heteroatoms. The topological polar surface area (TPSA) is 6.48 Å². The highest BCUT2D eigenvalue weighted by Gasteiger charge is 2.20. The van der Waals surface area contributed by atoms with Crippen molar-refractivity contribution < 1.29 is 17.3 Å². The molecule has 0 heterocycles. The Labute approximate surface area is 80.6 Å². The summed E-state index contributed by atoms with van der Waals surface area (Å²) in [4.78, 5) is 3.80. The van der Waals surface area contributed by atoms with Crippen molar-refractivity contribution in [2.45, 2.75) is 0 Å². The fourth-order valence-electron chi connectivity index (χ4n) is 0.400. The Morgan fingerprint density at radius 2 is 1.08 bits per heavy atom. The highest BCUT2D eigenvalue weighted by Crippen LogP contribution is 2.06. The SMILES string of the molecule is CN(C)C(=S)N(C)C.F[B-](F)(F)F. The first kappa shape index (κ1) is 15.0. The van der Waals surface area contributed by atoms with Gasteiger partial charge in [-0.2, -0.15) is 0 Å². The maximum atomic E-state index is 9.75. The van der Waals surface area contributed by atoms with E-state index in [0.717, 1.165) is 5.11 Å². The maximum absolute atomic E-state index is 9.75. The Kier molecular flexibility index (Phi) is 6.92. The van der Waals surface area contributed by atoms with E-state index in [2.05, 4.69) is 0 Å². The zero-order chi connectivity index (χ0) is 11.2. The smallest absolute Gasteiger partial charge is 0.418 e. The predicted molar refractivity (Wildman–Crippen MR) is 50.2 cm³/mol. The van der Waals surface area contributed by atoms with Crippen LogP contribution in [0.15, 0.2) is 0 Å². The van der Waals surface area contributed by atoms with Crippen LogP contribution in [0.5, 0.6) is 0 Å². The van der Waals surface area contributed by atoms with E-state index in [1.807, 2.05) is 38.0 Å². The first-order valence-corrected chi connectivity index (χ1v) is 3.72. The summed E-state index contributed by atoms with van der Waals surface area (Å²) in [5.41, 5.74) is 0. The van der Waals surface area contributed by atoms with Crippen LogP contribution in [0.1, 0.15) is 0 Å². The minimum atomic E-state index is -6.00. The molecule has 0 aliphatic carbocycles. The summed E-state index contributed by atoms with van der Waals surface area (Å²) in [6.45, 7) is 0. The van der Waals surface area contributed by atoms with Crippen molar-refractivity contribution in [3.05, 3.63) is 0 Å². The first-order valence-electron chi connectivity index (χ1n) is 3.31. The molecular weight excluding hydrogens is 207 g/mol. The molecule has 0 bridgehead atoms. The molecule has 0 aromatic carbocycles. The minimum Gasteiger partial charge on any atom is -0.418 e. The lowest BCUT2D eigenvalue weighted by molar-refractivity contribution is 0.368. The van der Waals surface area contributed by atoms with Gasteiger partial charge in [-0.25, -0.2) is 0 Å². The molecule has 0 rings (SSSR count). The van der Waals surface area contributed by atoms with Crippen molar-refractivity contribution >= 4 is 24.6 Å². The summed E-state index contributed by atoms with van der Waals surface area (Å²) in [5.74, 6) is 0. The van der Waals surface area contributed by atoms with Crippen molar-refractivity contribution in [1.29, 1.82) is 0 Å². The van der Waals surface area contributed by atoms with E-state index in [0.29, 0.717) is 0 Å². The van der Waals surface area contributed by atoms with E-state index in [-0.39, 0.29) is 0 Å². The molecular formula is C5H12BF4N2S-. The molecule has 0 fully saturated rings. The van der Waals surface area contributed by atoms with Crippen molar-refractivity contribution in [2.75, 3.05) is 28.2 Å². The number of nitrogens with zero attached hydrogens (tertiary/aromatic N) is 2. The molecule has 0 unspecified atom stereocenters. The van der Waals surface area contributed by atoms with Crippen LogP contribution in [0.4, 0.5) is 17.3 Å². The van der Waals surface area contributed by atoms with Gasteiger partial charge in [0.05, 0.1) is 0 Å². The number of halogens is 4. The van der Waals surface area contributed by atoms with Crippen LogP contribution < -0.4 is 0 Å². The van der Waals surface area contributed by atoms with E-state index < -0.39 is 7.25 Å². The third-order valence-corrected chi connectivity index (χ3v) is 1.50. The van der Waals surface area contributed by atoms with Gasteiger partial charge in [-0.05, 0) is 12.2 Å². The molecule has 0 amide bonds. The lowest BCUT2D eigenvalue weighted by atomic mass is 10.3. The number of thiocarbonyl (C=S) groups is 1. The second-order valence-corrected chi connectivity index (χ2v) is 2.93. The molecule has 0 saturated carbocycles. The molecule has 2 nitrogen and oxygen atoms in total. The largest absolute Gasteiger partial charge is 0.673 e. The lowest BCUT2D eigenvalue weighted by Gasteiger charge is -2.20. The fraction of sp³-hybridized carbons (Fsp3) is 0.800. The third-order valence-electron chi connectivity index (χ3n) is 0.765. The van der Waals surface area contributed by atoms with Crippen LogP contribution in [0.25, 0.3) is 0 Å². The van der Waals surface area contributed by atoms with Gasteiger partial charge in [-0.15, -0.1) is 0 Å². The molecule has 80 valence electrons. The van der Waals surface area contributed by atoms with E-state index in [1.54, 1.807) is 0 Å². The van der Waals surface area contributed by atoms with Crippen molar-refractivity contribution in [3.63, 3.8) is 0 Å². The van der Waals surface area contributed by atoms with Crippen LogP contribution in [-0.4, -0.2) is 50.4 Å². The summed E-state index contributed by atoms with van der Waals surface area (Å²) < 4.78 is 39.0. The Balaban J connectivity index is 0. The van der Waals surface area contributed by atoms with Gasteiger partial charge in [-0.1, -0.05) is 0 Å². The first-order chi connectivity index (χ1) is 5.55. The molecule has 0 radical (unpaired) electrons. The summed E-state index contributed by atoms with van der Waals surface area (Å²) in [7, 11) is 1.73. The summed E-state index contributed by atoms with van der Waals surface area (Å²) in [6.07, 6.45) is 0. The molecule has 0 spiro atoms. The van der Waals surface area contributed by atoms with Gasteiger partial charge in [-0.3, -0.25) is 0 Å². The van der Waals surface area contributed by atoms with E-state index >= 15 is 0 Å². The molecule has 0 N–H and O–H groups in total. The predicted octanol–water partition coefficient (Wildman–Crippen LogP) is 1.69. The highest BCUT2D eigenvalue weighted by molar-refractivity contribution is 7.80. The zero-order valence-electron chi connectivity index (χ0n) is 7.89. The monoisotopic (exact) mass is 219 g/mol. The van der Waals surface area contributed by atoms with Crippen LogP contribution >= 0.6 is 12.2 Å². The van der Waals surface area contributed by atoms with Crippen molar-refractivity contribution in [1.82, 2.24) is 9.80 Å². The Morgan fingerprint density at radius 3 is 1.08 bits per heavy atom. The number of rotatable bonds is 0. The molecule has 0 saturated heterocycles. The molecule has 0 aliphatic rings. The van der Waals surface area contributed by atoms with Gasteiger partial charge in [0.25, 0.3) is 0 Å². The summed E-state index contributed by atoms with van der Waals surface area (Å²) in [5, 5.41) is 0.852. The van der Waals surface area contributed by atoms with Crippen LogP contribution in [0, 0.1) is 0 Å². The zero-order valence-corrected chi connectivity index (χ0v) is 8.71. The van der Waals surface area contributed by atoms with Crippen molar-refractivity contribution in [2.24, 2.45) is 0 Å². The van der Waals surface area contributed by atoms with E-state index in [9.17, 15) is 17.3 Å². The fourth-order valence-corrected chi connectivity index (χ4v) is 0.400. The Hall–Kier alpha value is -0.525. The second-order valence-electron chi connectivity index (χ2n) is 2.57. The van der Waals surface area contributed by atoms with Crippen LogP contribution in [-0.2, 0) is 0 Å². The molecule has 0 aromatic heterocycles. The number of hydrogen-bond acceptors (Lipinski definition) is 1. The van der Waals surface area contributed by atoms with Gasteiger partial charge in [0.1, 0.15) is 0 Å². The van der Waals surface area contributed by atoms with E-state index in [4.69, 9.17) is 12.2 Å². The summed E-state index contributed by atoms with van der Waals surface area (Å²) in [6, 6.07) is 0. The van der Waals surface area contributed by atoms with Gasteiger partial charge >= 0.3 is 7.25 Å². The highest BCUT2D eigenvalue weighted by atomic mass is 32.1. The molecule has 13 heavy (non-hydrogen) atoms. The Bertz CT molecular complexity index is 143. The van der Waals surface area contributed by atoms with Crippen molar-refractivity contribution in [3.8, 4) is 0 Å². The third kappa shape index (κ3) is 18.4. The van der Waals surface area contributed by atoms with E-state index in [1.165, 1.54) is 0 Å². The average Bonchev–Trinajstić information content (AvgIpc) is 1.81. The minimum absolute atomic E-state index is 0.852.